The van der Waals surface area contributed by atoms with E-state index >= 15 is 0 Å². The van der Waals surface area contributed by atoms with E-state index < -0.39 is 0 Å². The second-order valence-electron chi connectivity index (χ2n) is 7.44. The van der Waals surface area contributed by atoms with Gasteiger partial charge in [0.25, 0.3) is 0 Å². The molecule has 1 heterocycles. The van der Waals surface area contributed by atoms with E-state index in [0.29, 0.717) is 19.5 Å². The number of anilines is 1. The van der Waals surface area contributed by atoms with Gasteiger partial charge in [-0.2, -0.15) is 0 Å². The van der Waals surface area contributed by atoms with Gasteiger partial charge < -0.3 is 10.2 Å². The Kier molecular flexibility index (Phi) is 4.92. The zero-order valence-electron chi connectivity index (χ0n) is 15.2. The standard InChI is InChI=1S/C22H23FN2O2/c23-19-7-4-15(5-8-19)10-11-25-14-18(13-21(25)26)22(27)24-20-9-6-16-2-1-3-17(16)12-20/h4-9,12,18H,1-3,10-11,13-14H2,(H,24,27). The number of nitrogens with zero attached hydrogens (tertiary/aromatic N) is 1. The molecule has 0 radical (unpaired) electrons. The lowest BCUT2D eigenvalue weighted by atomic mass is 10.1. The normalized spacial score (nSPS) is 18.6. The third-order valence-electron chi connectivity index (χ3n) is 5.53. The predicted octanol–water partition coefficient (Wildman–Crippen LogP) is 3.34. The zero-order chi connectivity index (χ0) is 18.8. The van der Waals surface area contributed by atoms with Crippen molar-refractivity contribution >= 4 is 17.5 Å². The van der Waals surface area contributed by atoms with E-state index in [1.165, 1.54) is 29.7 Å². The van der Waals surface area contributed by atoms with Crippen LogP contribution in [0, 0.1) is 11.7 Å². The molecule has 0 bridgehead atoms. The van der Waals surface area contributed by atoms with Crippen LogP contribution in [0.3, 0.4) is 0 Å². The summed E-state index contributed by atoms with van der Waals surface area (Å²) in [5.41, 5.74) is 4.49. The van der Waals surface area contributed by atoms with Crippen molar-refractivity contribution in [2.75, 3.05) is 18.4 Å². The Bertz CT molecular complexity index is 863. The number of hydrogen-bond donors (Lipinski definition) is 1. The van der Waals surface area contributed by atoms with Gasteiger partial charge in [0.05, 0.1) is 5.92 Å². The van der Waals surface area contributed by atoms with Crippen molar-refractivity contribution in [3.05, 3.63) is 65.0 Å². The number of rotatable bonds is 5. The van der Waals surface area contributed by atoms with Gasteiger partial charge in [0.15, 0.2) is 0 Å². The van der Waals surface area contributed by atoms with E-state index in [0.717, 1.165) is 24.1 Å². The molecule has 1 saturated heterocycles. The van der Waals surface area contributed by atoms with Crippen LogP contribution in [-0.4, -0.2) is 29.8 Å². The van der Waals surface area contributed by atoms with Crippen molar-refractivity contribution in [2.24, 2.45) is 5.92 Å². The van der Waals surface area contributed by atoms with E-state index in [-0.39, 0.29) is 30.0 Å². The molecule has 1 N–H and O–H groups in total. The smallest absolute Gasteiger partial charge is 0.229 e. The first-order valence-corrected chi connectivity index (χ1v) is 9.53. The summed E-state index contributed by atoms with van der Waals surface area (Å²) in [5, 5.41) is 2.98. The quantitative estimate of drug-likeness (QED) is 0.882. The topological polar surface area (TPSA) is 49.4 Å². The van der Waals surface area contributed by atoms with Crippen molar-refractivity contribution in [1.29, 1.82) is 0 Å². The number of fused-ring (bicyclic) bond motifs is 1. The molecule has 2 amide bonds. The molecule has 0 aromatic heterocycles. The lowest BCUT2D eigenvalue weighted by Gasteiger charge is -2.16. The van der Waals surface area contributed by atoms with Gasteiger partial charge in [-0.05, 0) is 66.6 Å². The van der Waals surface area contributed by atoms with Crippen molar-refractivity contribution < 1.29 is 14.0 Å². The number of carbonyl (C=O) groups is 2. The molecule has 5 heteroatoms. The number of carbonyl (C=O) groups excluding carboxylic acids is 2. The van der Waals surface area contributed by atoms with Gasteiger partial charge in [-0.1, -0.05) is 18.2 Å². The van der Waals surface area contributed by atoms with E-state index in [1.807, 2.05) is 6.07 Å². The van der Waals surface area contributed by atoms with Crippen molar-refractivity contribution in [1.82, 2.24) is 4.90 Å². The number of amides is 2. The highest BCUT2D eigenvalue weighted by Crippen LogP contribution is 2.26. The van der Waals surface area contributed by atoms with Crippen LogP contribution in [0.1, 0.15) is 29.5 Å². The first-order chi connectivity index (χ1) is 13.1. The molecular formula is C22H23FN2O2. The van der Waals surface area contributed by atoms with Crippen LogP contribution in [0.15, 0.2) is 42.5 Å². The van der Waals surface area contributed by atoms with E-state index in [9.17, 15) is 14.0 Å². The number of halogens is 1. The molecule has 1 fully saturated rings. The van der Waals surface area contributed by atoms with E-state index in [4.69, 9.17) is 0 Å². The maximum Gasteiger partial charge on any atom is 0.229 e. The van der Waals surface area contributed by atoms with Crippen LogP contribution in [0.4, 0.5) is 10.1 Å². The number of nitrogens with one attached hydrogen (secondary N) is 1. The molecular weight excluding hydrogens is 343 g/mol. The summed E-state index contributed by atoms with van der Waals surface area (Å²) in [7, 11) is 0. The second kappa shape index (κ2) is 7.51. The van der Waals surface area contributed by atoms with E-state index in [1.54, 1.807) is 17.0 Å². The molecule has 4 nitrogen and oxygen atoms in total. The average Bonchev–Trinajstić information content (AvgIpc) is 3.27. The summed E-state index contributed by atoms with van der Waals surface area (Å²) in [5.74, 6) is -0.671. The number of likely N-dealkylation sites (tertiary alicyclic amines) is 1. The van der Waals surface area contributed by atoms with Gasteiger partial charge in [-0.25, -0.2) is 4.39 Å². The SMILES string of the molecule is O=C(Nc1ccc2c(c1)CCC2)C1CC(=O)N(CCc2ccc(F)cc2)C1. The van der Waals surface area contributed by atoms with Crippen molar-refractivity contribution in [2.45, 2.75) is 32.1 Å². The lowest BCUT2D eigenvalue weighted by molar-refractivity contribution is -0.128. The molecule has 1 atom stereocenters. The molecule has 1 unspecified atom stereocenters. The van der Waals surface area contributed by atoms with Crippen molar-refractivity contribution in [3.63, 3.8) is 0 Å². The molecule has 1 aliphatic heterocycles. The summed E-state index contributed by atoms with van der Waals surface area (Å²) in [4.78, 5) is 26.6. The van der Waals surface area contributed by atoms with Gasteiger partial charge >= 0.3 is 0 Å². The molecule has 2 aromatic carbocycles. The highest BCUT2D eigenvalue weighted by Gasteiger charge is 2.34. The van der Waals surface area contributed by atoms with Crippen LogP contribution in [-0.2, 0) is 28.9 Å². The second-order valence-corrected chi connectivity index (χ2v) is 7.44. The van der Waals surface area contributed by atoms with Gasteiger partial charge in [0, 0.05) is 25.2 Å². The first-order valence-electron chi connectivity index (χ1n) is 9.53. The highest BCUT2D eigenvalue weighted by molar-refractivity contribution is 5.97. The fourth-order valence-electron chi connectivity index (χ4n) is 3.97. The summed E-state index contributed by atoms with van der Waals surface area (Å²) < 4.78 is 13.0. The molecule has 0 spiro atoms. The third-order valence-corrected chi connectivity index (χ3v) is 5.53. The highest BCUT2D eigenvalue weighted by atomic mass is 19.1. The van der Waals surface area contributed by atoms with Crippen LogP contribution in [0.2, 0.25) is 0 Å². The largest absolute Gasteiger partial charge is 0.342 e. The molecule has 2 aromatic rings. The number of benzene rings is 2. The Labute approximate surface area is 158 Å². The monoisotopic (exact) mass is 366 g/mol. The summed E-state index contributed by atoms with van der Waals surface area (Å²) >= 11 is 0. The number of aryl methyl sites for hydroxylation is 2. The van der Waals surface area contributed by atoms with Gasteiger partial charge in [0.1, 0.15) is 5.82 Å². The fraction of sp³-hybridized carbons (Fsp3) is 0.364. The summed E-state index contributed by atoms with van der Waals surface area (Å²) in [6.07, 6.45) is 4.26. The van der Waals surface area contributed by atoms with Gasteiger partial charge in [-0.3, -0.25) is 9.59 Å². The molecule has 0 saturated carbocycles. The Morgan fingerprint density at radius 3 is 2.70 bits per heavy atom. The molecule has 4 rings (SSSR count). The minimum absolute atomic E-state index is 0.00575. The number of hydrogen-bond acceptors (Lipinski definition) is 2. The van der Waals surface area contributed by atoms with Crippen LogP contribution in [0.5, 0.6) is 0 Å². The maximum atomic E-state index is 13.0. The van der Waals surface area contributed by atoms with Gasteiger partial charge in [0.2, 0.25) is 11.8 Å². The van der Waals surface area contributed by atoms with Crippen LogP contribution in [0.25, 0.3) is 0 Å². The fourth-order valence-corrected chi connectivity index (χ4v) is 3.97. The minimum Gasteiger partial charge on any atom is -0.342 e. The zero-order valence-corrected chi connectivity index (χ0v) is 15.2. The Morgan fingerprint density at radius 2 is 1.89 bits per heavy atom. The third kappa shape index (κ3) is 4.02. The van der Waals surface area contributed by atoms with Crippen LogP contribution < -0.4 is 5.32 Å². The van der Waals surface area contributed by atoms with Gasteiger partial charge in [-0.15, -0.1) is 0 Å². The Morgan fingerprint density at radius 1 is 1.11 bits per heavy atom. The summed E-state index contributed by atoms with van der Waals surface area (Å²) in [6, 6.07) is 12.4. The lowest BCUT2D eigenvalue weighted by Crippen LogP contribution is -2.30. The Hall–Kier alpha value is -2.69. The maximum absolute atomic E-state index is 13.0. The Balaban J connectivity index is 1.32. The molecule has 140 valence electrons. The first kappa shape index (κ1) is 17.7. The summed E-state index contributed by atoms with van der Waals surface area (Å²) in [6.45, 7) is 0.990. The van der Waals surface area contributed by atoms with Crippen molar-refractivity contribution in [3.8, 4) is 0 Å². The average molecular weight is 366 g/mol. The molecule has 2 aliphatic rings. The predicted molar refractivity (Wildman–Crippen MR) is 102 cm³/mol. The minimum atomic E-state index is -0.320. The molecule has 27 heavy (non-hydrogen) atoms. The van der Waals surface area contributed by atoms with E-state index in [2.05, 4.69) is 17.4 Å². The molecule has 1 aliphatic carbocycles. The van der Waals surface area contributed by atoms with Crippen LogP contribution >= 0.6 is 0 Å².